The molecule has 0 fully saturated rings. The van der Waals surface area contributed by atoms with Crippen LogP contribution < -0.4 is 10.1 Å². The Balaban J connectivity index is 2.71. The summed E-state index contributed by atoms with van der Waals surface area (Å²) in [6.07, 6.45) is 0.870. The Hall–Kier alpha value is -1.26. The number of halogens is 1. The maximum Gasteiger partial charge on any atom is 0.224 e. The molecule has 1 amide bonds. The molecule has 100 valence electrons. The van der Waals surface area contributed by atoms with Gasteiger partial charge in [0.15, 0.2) is 0 Å². The summed E-state index contributed by atoms with van der Waals surface area (Å²) in [5, 5.41) is 12.3. The quantitative estimate of drug-likeness (QED) is 0.829. The summed E-state index contributed by atoms with van der Waals surface area (Å²) in [7, 11) is 1.55. The summed E-state index contributed by atoms with van der Waals surface area (Å²) >= 11 is 5.89. The predicted molar refractivity (Wildman–Crippen MR) is 71.0 cm³/mol. The molecule has 1 aromatic carbocycles. The lowest BCUT2D eigenvalue weighted by Crippen LogP contribution is -2.37. The third-order valence-electron chi connectivity index (χ3n) is 2.67. The van der Waals surface area contributed by atoms with Crippen LogP contribution >= 0.6 is 11.6 Å². The van der Waals surface area contributed by atoms with Gasteiger partial charge < -0.3 is 15.2 Å². The van der Waals surface area contributed by atoms with Crippen molar-refractivity contribution in [3.8, 4) is 5.75 Å². The van der Waals surface area contributed by atoms with Gasteiger partial charge in [0.25, 0.3) is 0 Å². The number of amides is 1. The summed E-state index contributed by atoms with van der Waals surface area (Å²) in [5.74, 6) is 0.475. The van der Waals surface area contributed by atoms with Crippen LogP contribution in [-0.2, 0) is 11.2 Å². The number of aliphatic hydroxyl groups is 1. The van der Waals surface area contributed by atoms with Crippen LogP contribution in [0.1, 0.15) is 18.9 Å². The number of benzene rings is 1. The summed E-state index contributed by atoms with van der Waals surface area (Å²) in [6.45, 7) is 1.84. The Kier molecular flexibility index (Phi) is 5.95. The molecule has 0 saturated heterocycles. The summed E-state index contributed by atoms with van der Waals surface area (Å²) in [5.41, 5.74) is 0.732. The minimum Gasteiger partial charge on any atom is -0.496 e. The van der Waals surface area contributed by atoms with Crippen LogP contribution in [-0.4, -0.2) is 30.8 Å². The highest BCUT2D eigenvalue weighted by Crippen LogP contribution is 2.23. The van der Waals surface area contributed by atoms with E-state index in [4.69, 9.17) is 21.4 Å². The van der Waals surface area contributed by atoms with Crippen molar-refractivity contribution < 1.29 is 14.6 Å². The van der Waals surface area contributed by atoms with Gasteiger partial charge in [0.2, 0.25) is 5.91 Å². The fraction of sp³-hybridized carbons (Fsp3) is 0.462. The van der Waals surface area contributed by atoms with Crippen molar-refractivity contribution in [3.05, 3.63) is 28.8 Å². The average Bonchev–Trinajstić information content (AvgIpc) is 2.36. The fourth-order valence-electron chi connectivity index (χ4n) is 1.61. The zero-order valence-electron chi connectivity index (χ0n) is 10.6. The number of ether oxygens (including phenoxy) is 1. The van der Waals surface area contributed by atoms with E-state index in [1.165, 1.54) is 0 Å². The Morgan fingerprint density at radius 2 is 2.28 bits per heavy atom. The van der Waals surface area contributed by atoms with Crippen molar-refractivity contribution in [2.24, 2.45) is 0 Å². The standard InChI is InChI=1S/C13H18ClNO3/c1-3-11(8-16)15-13(17)7-9-6-10(14)4-5-12(9)18-2/h4-6,11,16H,3,7-8H2,1-2H3,(H,15,17). The Morgan fingerprint density at radius 1 is 1.56 bits per heavy atom. The molecule has 18 heavy (non-hydrogen) atoms. The van der Waals surface area contributed by atoms with Crippen LogP contribution in [0.3, 0.4) is 0 Å². The fourth-order valence-corrected chi connectivity index (χ4v) is 1.81. The van der Waals surface area contributed by atoms with Gasteiger partial charge in [-0.25, -0.2) is 0 Å². The van der Waals surface area contributed by atoms with Crippen LogP contribution in [0.15, 0.2) is 18.2 Å². The third-order valence-corrected chi connectivity index (χ3v) is 2.91. The molecule has 1 aromatic rings. The second-order valence-corrected chi connectivity index (χ2v) is 4.42. The van der Waals surface area contributed by atoms with Crippen LogP contribution in [0.2, 0.25) is 5.02 Å². The molecule has 0 spiro atoms. The molecule has 0 radical (unpaired) electrons. The van der Waals surface area contributed by atoms with Crippen LogP contribution in [0.25, 0.3) is 0 Å². The lowest BCUT2D eigenvalue weighted by atomic mass is 10.1. The van der Waals surface area contributed by atoms with Crippen molar-refractivity contribution in [1.82, 2.24) is 5.32 Å². The predicted octanol–water partition coefficient (Wildman–Crippen LogP) is 1.78. The zero-order valence-corrected chi connectivity index (χ0v) is 11.3. The number of hydrogen-bond acceptors (Lipinski definition) is 3. The molecule has 4 nitrogen and oxygen atoms in total. The molecule has 0 aliphatic carbocycles. The molecular weight excluding hydrogens is 254 g/mol. The second-order valence-electron chi connectivity index (χ2n) is 3.99. The molecule has 1 rings (SSSR count). The number of hydrogen-bond donors (Lipinski definition) is 2. The first-order valence-electron chi connectivity index (χ1n) is 5.83. The molecule has 0 heterocycles. The largest absolute Gasteiger partial charge is 0.496 e. The van der Waals surface area contributed by atoms with E-state index in [2.05, 4.69) is 5.32 Å². The summed E-state index contributed by atoms with van der Waals surface area (Å²) < 4.78 is 5.17. The minimum absolute atomic E-state index is 0.0606. The second kappa shape index (κ2) is 7.24. The molecule has 5 heteroatoms. The maximum atomic E-state index is 11.8. The highest BCUT2D eigenvalue weighted by atomic mass is 35.5. The number of rotatable bonds is 6. The van der Waals surface area contributed by atoms with E-state index in [1.54, 1.807) is 25.3 Å². The normalized spacial score (nSPS) is 12.0. The van der Waals surface area contributed by atoms with Gasteiger partial charge in [-0.3, -0.25) is 4.79 Å². The molecule has 0 aromatic heterocycles. The van der Waals surface area contributed by atoms with Gasteiger partial charge in [0.05, 0.1) is 26.2 Å². The van der Waals surface area contributed by atoms with E-state index in [-0.39, 0.29) is 25.0 Å². The lowest BCUT2D eigenvalue weighted by molar-refractivity contribution is -0.121. The first-order chi connectivity index (χ1) is 8.60. The molecule has 2 N–H and O–H groups in total. The molecular formula is C13H18ClNO3. The topological polar surface area (TPSA) is 58.6 Å². The van der Waals surface area contributed by atoms with Crippen molar-refractivity contribution in [2.75, 3.05) is 13.7 Å². The van der Waals surface area contributed by atoms with E-state index in [0.29, 0.717) is 17.2 Å². The van der Waals surface area contributed by atoms with Gasteiger partial charge in [-0.05, 0) is 24.6 Å². The molecule has 0 aliphatic rings. The number of aliphatic hydroxyl groups excluding tert-OH is 1. The summed E-state index contributed by atoms with van der Waals surface area (Å²) in [4.78, 5) is 11.8. The first kappa shape index (κ1) is 14.8. The average molecular weight is 272 g/mol. The van der Waals surface area contributed by atoms with E-state index in [1.807, 2.05) is 6.92 Å². The summed E-state index contributed by atoms with van der Waals surface area (Å²) in [6, 6.07) is 4.95. The highest BCUT2D eigenvalue weighted by Gasteiger charge is 2.12. The molecule has 0 bridgehead atoms. The molecule has 0 aliphatic heterocycles. The van der Waals surface area contributed by atoms with Crippen LogP contribution in [0.4, 0.5) is 0 Å². The van der Waals surface area contributed by atoms with Gasteiger partial charge in [-0.1, -0.05) is 18.5 Å². The van der Waals surface area contributed by atoms with Crippen molar-refractivity contribution in [3.63, 3.8) is 0 Å². The minimum atomic E-state index is -0.206. The smallest absolute Gasteiger partial charge is 0.224 e. The van der Waals surface area contributed by atoms with Crippen LogP contribution in [0.5, 0.6) is 5.75 Å². The zero-order chi connectivity index (χ0) is 13.5. The lowest BCUT2D eigenvalue weighted by Gasteiger charge is -2.15. The van der Waals surface area contributed by atoms with Gasteiger partial charge in [-0.2, -0.15) is 0 Å². The number of carbonyl (C=O) groups is 1. The van der Waals surface area contributed by atoms with E-state index >= 15 is 0 Å². The van der Waals surface area contributed by atoms with E-state index in [0.717, 1.165) is 5.56 Å². The number of nitrogens with one attached hydrogen (secondary N) is 1. The van der Waals surface area contributed by atoms with Gasteiger partial charge in [0, 0.05) is 10.6 Å². The monoisotopic (exact) mass is 271 g/mol. The maximum absolute atomic E-state index is 11.8. The van der Waals surface area contributed by atoms with Crippen LogP contribution in [0, 0.1) is 0 Å². The first-order valence-corrected chi connectivity index (χ1v) is 6.21. The SMILES string of the molecule is CCC(CO)NC(=O)Cc1cc(Cl)ccc1OC. The third kappa shape index (κ3) is 4.20. The molecule has 1 unspecified atom stereocenters. The number of carbonyl (C=O) groups excluding carboxylic acids is 1. The Bertz CT molecular complexity index is 405. The van der Waals surface area contributed by atoms with Crippen molar-refractivity contribution in [1.29, 1.82) is 0 Å². The van der Waals surface area contributed by atoms with Crippen molar-refractivity contribution >= 4 is 17.5 Å². The Morgan fingerprint density at radius 3 is 2.83 bits per heavy atom. The highest BCUT2D eigenvalue weighted by molar-refractivity contribution is 6.30. The van der Waals surface area contributed by atoms with E-state index in [9.17, 15) is 4.79 Å². The van der Waals surface area contributed by atoms with Gasteiger partial charge in [-0.15, -0.1) is 0 Å². The van der Waals surface area contributed by atoms with E-state index < -0.39 is 0 Å². The molecule has 0 saturated carbocycles. The Labute approximate surface area is 112 Å². The van der Waals surface area contributed by atoms with Crippen molar-refractivity contribution in [2.45, 2.75) is 25.8 Å². The van der Waals surface area contributed by atoms with Gasteiger partial charge >= 0.3 is 0 Å². The molecule has 1 atom stereocenters. The number of methoxy groups -OCH3 is 1. The van der Waals surface area contributed by atoms with Gasteiger partial charge in [0.1, 0.15) is 5.75 Å².